The summed E-state index contributed by atoms with van der Waals surface area (Å²) >= 11 is 6.94. The Morgan fingerprint density at radius 3 is 2.25 bits per heavy atom. The highest BCUT2D eigenvalue weighted by atomic mass is 35.5. The minimum Gasteiger partial charge on any atom is -0.480 e. The molecule has 6 rings (SSSR count). The number of amides is 1. The molecule has 1 saturated carbocycles. The molecule has 12 heteroatoms. The summed E-state index contributed by atoms with van der Waals surface area (Å²) in [4.78, 5) is 41.5. The quantitative estimate of drug-likeness (QED) is 0.172. The lowest BCUT2D eigenvalue weighted by Gasteiger charge is -2.15. The number of benzene rings is 2. The molecule has 0 unspecified atom stereocenters. The van der Waals surface area contributed by atoms with Crippen LogP contribution in [0.5, 0.6) is 11.8 Å². The fourth-order valence-electron chi connectivity index (χ4n) is 6.42. The van der Waals surface area contributed by atoms with Crippen LogP contribution in [0, 0.1) is 11.7 Å². The van der Waals surface area contributed by atoms with Gasteiger partial charge in [0.25, 0.3) is 0 Å². The number of hydrogen-bond donors (Lipinski definition) is 2. The molecule has 0 spiro atoms. The molecule has 48 heavy (non-hydrogen) atoms. The molecule has 250 valence electrons. The number of methoxy groups -OCH3 is 2. The van der Waals surface area contributed by atoms with Crippen LogP contribution in [0.15, 0.2) is 48.8 Å². The van der Waals surface area contributed by atoms with Gasteiger partial charge in [-0.3, -0.25) is 19.6 Å². The monoisotopic (exact) mass is 672 g/mol. The summed E-state index contributed by atoms with van der Waals surface area (Å²) in [6.45, 7) is 1.13. The number of carbonyl (C=O) groups excluding carboxylic acids is 2. The number of Topliss-reactive ketones (excluding diaryl/α,β-unsaturated/α-hetero) is 1. The third-order valence-electron chi connectivity index (χ3n) is 8.97. The van der Waals surface area contributed by atoms with Crippen molar-refractivity contribution in [3.8, 4) is 45.4 Å². The number of nitrogens with zero attached hydrogens (tertiary/aromatic N) is 4. The SMILES string of the molecule is COc1nc(-c2cccc(-c3cccc(-c4cnc(CCC[C@@H]5CCC(=O)N5)c(OC)n4)c3Cl)c2F)cnc1CNC[C@@H]1CCC(=O)C1. The van der Waals surface area contributed by atoms with Crippen LogP contribution in [0.4, 0.5) is 4.39 Å². The van der Waals surface area contributed by atoms with Crippen molar-refractivity contribution in [1.29, 1.82) is 0 Å². The zero-order valence-electron chi connectivity index (χ0n) is 27.0. The van der Waals surface area contributed by atoms with E-state index in [0.717, 1.165) is 31.4 Å². The minimum atomic E-state index is -0.498. The normalized spacial score (nSPS) is 17.5. The molecule has 2 aromatic heterocycles. The number of carbonyl (C=O) groups is 2. The molecule has 1 aliphatic heterocycles. The van der Waals surface area contributed by atoms with E-state index in [1.165, 1.54) is 13.3 Å². The van der Waals surface area contributed by atoms with E-state index in [-0.39, 0.29) is 17.5 Å². The van der Waals surface area contributed by atoms with Gasteiger partial charge in [-0.1, -0.05) is 41.9 Å². The van der Waals surface area contributed by atoms with Gasteiger partial charge in [0, 0.05) is 54.1 Å². The van der Waals surface area contributed by atoms with Crippen LogP contribution in [0.25, 0.3) is 33.6 Å². The second-order valence-corrected chi connectivity index (χ2v) is 12.6. The van der Waals surface area contributed by atoms with Crippen LogP contribution < -0.4 is 20.1 Å². The Morgan fingerprint density at radius 2 is 1.56 bits per heavy atom. The fourth-order valence-corrected chi connectivity index (χ4v) is 6.74. The van der Waals surface area contributed by atoms with Crippen LogP contribution in [0.3, 0.4) is 0 Å². The van der Waals surface area contributed by atoms with Crippen molar-refractivity contribution in [2.45, 2.75) is 64.0 Å². The van der Waals surface area contributed by atoms with Crippen molar-refractivity contribution in [3.05, 3.63) is 71.0 Å². The number of ketones is 1. The molecule has 0 radical (unpaired) electrons. The summed E-state index contributed by atoms with van der Waals surface area (Å²) < 4.78 is 27.3. The highest BCUT2D eigenvalue weighted by Gasteiger charge is 2.23. The maximum atomic E-state index is 16.2. The maximum absolute atomic E-state index is 16.2. The average molecular weight is 673 g/mol. The fraction of sp³-hybridized carbons (Fsp3) is 0.389. The number of hydrogen-bond acceptors (Lipinski definition) is 9. The zero-order chi connectivity index (χ0) is 33.6. The lowest BCUT2D eigenvalue weighted by molar-refractivity contribution is -0.119. The Morgan fingerprint density at radius 1 is 0.896 bits per heavy atom. The van der Waals surface area contributed by atoms with E-state index in [0.29, 0.717) is 101 Å². The van der Waals surface area contributed by atoms with Crippen LogP contribution in [-0.4, -0.2) is 58.4 Å². The van der Waals surface area contributed by atoms with E-state index in [2.05, 4.69) is 25.6 Å². The highest BCUT2D eigenvalue weighted by molar-refractivity contribution is 6.36. The van der Waals surface area contributed by atoms with Crippen molar-refractivity contribution in [1.82, 2.24) is 30.6 Å². The van der Waals surface area contributed by atoms with Gasteiger partial charge < -0.3 is 20.1 Å². The van der Waals surface area contributed by atoms with Gasteiger partial charge >= 0.3 is 0 Å². The summed E-state index contributed by atoms with van der Waals surface area (Å²) in [7, 11) is 3.06. The van der Waals surface area contributed by atoms with E-state index in [1.54, 1.807) is 43.6 Å². The molecule has 1 aliphatic carbocycles. The number of aryl methyl sites for hydroxylation is 1. The van der Waals surface area contributed by atoms with Crippen molar-refractivity contribution in [2.24, 2.45) is 5.92 Å². The van der Waals surface area contributed by atoms with Crippen LogP contribution in [0.2, 0.25) is 5.02 Å². The smallest absolute Gasteiger partial charge is 0.237 e. The first kappa shape index (κ1) is 33.4. The molecule has 1 amide bonds. The second kappa shape index (κ2) is 15.2. The molecule has 10 nitrogen and oxygen atoms in total. The summed E-state index contributed by atoms with van der Waals surface area (Å²) in [6, 6.07) is 10.6. The molecule has 3 heterocycles. The largest absolute Gasteiger partial charge is 0.480 e. The zero-order valence-corrected chi connectivity index (χ0v) is 27.8. The van der Waals surface area contributed by atoms with Gasteiger partial charge in [-0.25, -0.2) is 14.4 Å². The third kappa shape index (κ3) is 7.47. The topological polar surface area (TPSA) is 128 Å². The van der Waals surface area contributed by atoms with Gasteiger partial charge in [-0.15, -0.1) is 0 Å². The van der Waals surface area contributed by atoms with Gasteiger partial charge in [0.05, 0.1) is 43.0 Å². The Hall–Kier alpha value is -4.48. The van der Waals surface area contributed by atoms with E-state index in [9.17, 15) is 9.59 Å². The van der Waals surface area contributed by atoms with E-state index in [4.69, 9.17) is 26.1 Å². The minimum absolute atomic E-state index is 0.106. The summed E-state index contributed by atoms with van der Waals surface area (Å²) in [5, 5.41) is 6.66. The standard InChI is InChI=1S/C36H38ClFN6O4/c1-47-35-28(11-3-6-22-13-15-32(46)42-22)40-19-29(43-35)26-9-4-7-24(33(26)37)25-8-5-10-27(34(25)38)30-20-41-31(36(44-30)48-2)18-39-17-21-12-14-23(45)16-21/h4-5,7-10,19-22,39H,3,6,11-18H2,1-2H3,(H,42,46)/t21-,22-/m1/s1. The lowest BCUT2D eigenvalue weighted by atomic mass is 9.98. The Balaban J connectivity index is 1.20. The van der Waals surface area contributed by atoms with Crippen molar-refractivity contribution < 1.29 is 23.5 Å². The Bertz CT molecular complexity index is 1690. The maximum Gasteiger partial charge on any atom is 0.237 e. The first-order valence-corrected chi connectivity index (χ1v) is 16.6. The number of nitrogens with one attached hydrogen (secondary N) is 2. The molecule has 2 N–H and O–H groups in total. The predicted octanol–water partition coefficient (Wildman–Crippen LogP) is 6.14. The van der Waals surface area contributed by atoms with E-state index < -0.39 is 5.82 Å². The number of rotatable bonds is 13. The van der Waals surface area contributed by atoms with Crippen molar-refractivity contribution in [3.63, 3.8) is 0 Å². The molecule has 0 bridgehead atoms. The van der Waals surface area contributed by atoms with E-state index in [1.807, 2.05) is 6.07 Å². The Labute approximate surface area is 283 Å². The first-order valence-electron chi connectivity index (χ1n) is 16.2. The van der Waals surface area contributed by atoms with Crippen molar-refractivity contribution in [2.75, 3.05) is 20.8 Å². The van der Waals surface area contributed by atoms with Gasteiger partial charge in [0.15, 0.2) is 0 Å². The van der Waals surface area contributed by atoms with Crippen LogP contribution in [0.1, 0.15) is 56.3 Å². The van der Waals surface area contributed by atoms with E-state index >= 15 is 4.39 Å². The highest BCUT2D eigenvalue weighted by Crippen LogP contribution is 2.39. The number of halogens is 2. The molecular formula is C36H38ClFN6O4. The number of ether oxygens (including phenoxy) is 2. The van der Waals surface area contributed by atoms with Gasteiger partial charge in [-0.05, 0) is 50.6 Å². The third-order valence-corrected chi connectivity index (χ3v) is 9.38. The summed E-state index contributed by atoms with van der Waals surface area (Å²) in [6.07, 6.45) is 9.12. The average Bonchev–Trinajstić information content (AvgIpc) is 3.72. The Kier molecular flexibility index (Phi) is 10.6. The molecule has 2 aliphatic rings. The molecular weight excluding hydrogens is 635 g/mol. The van der Waals surface area contributed by atoms with Crippen LogP contribution >= 0.6 is 11.6 Å². The summed E-state index contributed by atoms with van der Waals surface area (Å²) in [5.41, 5.74) is 3.78. The summed E-state index contributed by atoms with van der Waals surface area (Å²) in [5.74, 6) is 0.946. The molecule has 2 aromatic carbocycles. The van der Waals surface area contributed by atoms with Gasteiger partial charge in [0.2, 0.25) is 17.7 Å². The molecule has 4 aromatic rings. The molecule has 2 atom stereocenters. The van der Waals surface area contributed by atoms with Gasteiger partial charge in [0.1, 0.15) is 23.0 Å². The first-order chi connectivity index (χ1) is 23.3. The lowest BCUT2D eigenvalue weighted by Crippen LogP contribution is -2.25. The van der Waals surface area contributed by atoms with Crippen LogP contribution in [-0.2, 0) is 22.6 Å². The predicted molar refractivity (Wildman–Crippen MR) is 180 cm³/mol. The molecule has 1 saturated heterocycles. The van der Waals surface area contributed by atoms with Crippen molar-refractivity contribution >= 4 is 23.3 Å². The second-order valence-electron chi connectivity index (χ2n) is 12.2. The van der Waals surface area contributed by atoms with Gasteiger partial charge in [-0.2, -0.15) is 0 Å². The molecule has 2 fully saturated rings. The number of aromatic nitrogens is 4.